The van der Waals surface area contributed by atoms with Gasteiger partial charge in [-0.05, 0) is 23.8 Å². The van der Waals surface area contributed by atoms with Crippen molar-refractivity contribution < 1.29 is 0 Å². The zero-order valence-electron chi connectivity index (χ0n) is 8.54. The van der Waals surface area contributed by atoms with Gasteiger partial charge in [0.1, 0.15) is 0 Å². The molecule has 1 fully saturated rings. The van der Waals surface area contributed by atoms with Crippen molar-refractivity contribution in [3.8, 4) is 0 Å². The lowest BCUT2D eigenvalue weighted by molar-refractivity contribution is 0.504. The second-order valence-corrected chi connectivity index (χ2v) is 4.46. The van der Waals surface area contributed by atoms with Crippen molar-refractivity contribution in [2.45, 2.75) is 18.4 Å². The highest BCUT2D eigenvalue weighted by Crippen LogP contribution is 2.47. The smallest absolute Gasteiger partial charge is 0.0177 e. The van der Waals surface area contributed by atoms with Crippen LogP contribution < -0.4 is 5.73 Å². The predicted molar refractivity (Wildman–Crippen MR) is 65.1 cm³/mol. The molecule has 0 heterocycles. The van der Waals surface area contributed by atoms with E-state index in [4.69, 9.17) is 5.73 Å². The molecule has 2 aliphatic carbocycles. The van der Waals surface area contributed by atoms with Gasteiger partial charge < -0.3 is 5.73 Å². The van der Waals surface area contributed by atoms with Gasteiger partial charge in [0.2, 0.25) is 0 Å². The first kappa shape index (κ1) is 10.7. The molecule has 0 aromatic heterocycles. The number of fused-ring (bicyclic) bond motifs is 2. The number of allylic oxidation sites excluding steroid dienone is 1. The molecule has 3 rings (SSSR count). The van der Waals surface area contributed by atoms with E-state index in [0.717, 1.165) is 0 Å². The summed E-state index contributed by atoms with van der Waals surface area (Å²) >= 11 is 0. The van der Waals surface area contributed by atoms with Gasteiger partial charge in [0.25, 0.3) is 0 Å². The van der Waals surface area contributed by atoms with Gasteiger partial charge in [0.15, 0.2) is 0 Å². The Kier molecular flexibility index (Phi) is 2.85. The van der Waals surface area contributed by atoms with Gasteiger partial charge in [0.05, 0.1) is 0 Å². The number of hydrogen-bond donors (Lipinski definition) is 1. The van der Waals surface area contributed by atoms with E-state index < -0.39 is 0 Å². The summed E-state index contributed by atoms with van der Waals surface area (Å²) in [4.78, 5) is 0. The zero-order valence-corrected chi connectivity index (χ0v) is 9.36. The summed E-state index contributed by atoms with van der Waals surface area (Å²) in [5.41, 5.74) is 7.66. The molecule has 2 bridgehead atoms. The third-order valence-corrected chi connectivity index (χ3v) is 3.70. The van der Waals surface area contributed by atoms with E-state index in [-0.39, 0.29) is 12.4 Å². The Hall–Kier alpha value is -0.790. The van der Waals surface area contributed by atoms with Crippen molar-refractivity contribution in [3.05, 3.63) is 48.0 Å². The number of halogens is 1. The lowest BCUT2D eigenvalue weighted by Gasteiger charge is -2.24. The molecule has 0 unspecified atom stereocenters. The number of nitrogens with two attached hydrogens (primary N) is 1. The summed E-state index contributed by atoms with van der Waals surface area (Å²) in [7, 11) is 0. The summed E-state index contributed by atoms with van der Waals surface area (Å²) < 4.78 is 0. The highest BCUT2D eigenvalue weighted by Gasteiger charge is 2.42. The highest BCUT2D eigenvalue weighted by atomic mass is 35.5. The summed E-state index contributed by atoms with van der Waals surface area (Å²) in [5, 5.41) is 0. The quantitative estimate of drug-likeness (QED) is 0.726. The van der Waals surface area contributed by atoms with Crippen LogP contribution in [0.3, 0.4) is 0 Å². The van der Waals surface area contributed by atoms with Crippen LogP contribution >= 0.6 is 12.4 Å². The summed E-state index contributed by atoms with van der Waals surface area (Å²) in [5.74, 6) is 1.88. The lowest BCUT2D eigenvalue weighted by Crippen LogP contribution is -2.31. The first-order valence-electron chi connectivity index (χ1n) is 5.35. The SMILES string of the molecule is Cl.N[C@H]1[C@H](c2ccccc2)[C@H]2C=C[C@@H]1C2. The molecule has 15 heavy (non-hydrogen) atoms. The molecule has 0 radical (unpaired) electrons. The maximum Gasteiger partial charge on any atom is 0.0177 e. The third-order valence-electron chi connectivity index (χ3n) is 3.70. The first-order valence-corrected chi connectivity index (χ1v) is 5.35. The first-order chi connectivity index (χ1) is 6.86. The maximum absolute atomic E-state index is 6.24. The Morgan fingerprint density at radius 2 is 1.67 bits per heavy atom. The molecule has 0 spiro atoms. The Balaban J connectivity index is 0.000000853. The Morgan fingerprint density at radius 1 is 1.00 bits per heavy atom. The monoisotopic (exact) mass is 221 g/mol. The van der Waals surface area contributed by atoms with Crippen molar-refractivity contribution in [1.82, 2.24) is 0 Å². The van der Waals surface area contributed by atoms with Crippen LogP contribution in [0.2, 0.25) is 0 Å². The fourth-order valence-corrected chi connectivity index (χ4v) is 3.01. The van der Waals surface area contributed by atoms with Crippen molar-refractivity contribution >= 4 is 12.4 Å². The predicted octanol–water partition coefficient (Wildman–Crippen LogP) is 2.73. The minimum Gasteiger partial charge on any atom is -0.327 e. The van der Waals surface area contributed by atoms with Crippen LogP contribution in [-0.2, 0) is 0 Å². The number of rotatable bonds is 1. The van der Waals surface area contributed by atoms with Crippen LogP contribution in [0, 0.1) is 11.8 Å². The number of hydrogen-bond acceptors (Lipinski definition) is 1. The third kappa shape index (κ3) is 1.60. The summed E-state index contributed by atoms with van der Waals surface area (Å²) in [6, 6.07) is 11.0. The maximum atomic E-state index is 6.24. The molecule has 0 aliphatic heterocycles. The molecule has 1 nitrogen and oxygen atoms in total. The fraction of sp³-hybridized carbons (Fsp3) is 0.385. The minimum atomic E-state index is 0. The molecule has 4 atom stereocenters. The van der Waals surface area contributed by atoms with Gasteiger partial charge in [-0.15, -0.1) is 12.4 Å². The minimum absolute atomic E-state index is 0. The van der Waals surface area contributed by atoms with Gasteiger partial charge in [0, 0.05) is 12.0 Å². The van der Waals surface area contributed by atoms with E-state index in [2.05, 4.69) is 42.5 Å². The molecule has 0 amide bonds. The molecule has 2 N–H and O–H groups in total. The van der Waals surface area contributed by atoms with Crippen molar-refractivity contribution in [2.24, 2.45) is 17.6 Å². The van der Waals surface area contributed by atoms with Gasteiger partial charge >= 0.3 is 0 Å². The van der Waals surface area contributed by atoms with Gasteiger partial charge in [-0.25, -0.2) is 0 Å². The Bertz CT molecular complexity index is 360. The molecule has 2 heteroatoms. The normalized spacial score (nSPS) is 36.6. The average molecular weight is 222 g/mol. The Morgan fingerprint density at radius 3 is 2.27 bits per heavy atom. The summed E-state index contributed by atoms with van der Waals surface area (Å²) in [6.45, 7) is 0. The van der Waals surface area contributed by atoms with Crippen molar-refractivity contribution in [1.29, 1.82) is 0 Å². The molecule has 80 valence electrons. The second kappa shape index (κ2) is 3.99. The fourth-order valence-electron chi connectivity index (χ4n) is 3.01. The molecule has 2 aliphatic rings. The zero-order chi connectivity index (χ0) is 9.54. The molecular formula is C13H16ClN. The number of benzene rings is 1. The van der Waals surface area contributed by atoms with E-state index in [1.54, 1.807) is 0 Å². The van der Waals surface area contributed by atoms with Crippen LogP contribution in [-0.4, -0.2) is 6.04 Å². The molecular weight excluding hydrogens is 206 g/mol. The standard InChI is InChI=1S/C13H15N.ClH/c14-13-11-7-6-10(8-11)12(13)9-4-2-1-3-5-9;/h1-7,10-13H,8,14H2;1H/t10-,11+,12+,13+;/m0./s1. The average Bonchev–Trinajstić information content (AvgIpc) is 2.79. The topological polar surface area (TPSA) is 26.0 Å². The van der Waals surface area contributed by atoms with E-state index in [1.165, 1.54) is 12.0 Å². The van der Waals surface area contributed by atoms with Crippen molar-refractivity contribution in [2.75, 3.05) is 0 Å². The van der Waals surface area contributed by atoms with Crippen LogP contribution in [0.1, 0.15) is 17.9 Å². The van der Waals surface area contributed by atoms with Crippen LogP contribution in [0.4, 0.5) is 0 Å². The molecule has 0 saturated heterocycles. The van der Waals surface area contributed by atoms with Gasteiger partial charge in [-0.1, -0.05) is 42.5 Å². The van der Waals surface area contributed by atoms with Crippen LogP contribution in [0.5, 0.6) is 0 Å². The van der Waals surface area contributed by atoms with E-state index in [1.807, 2.05) is 0 Å². The Labute approximate surface area is 96.8 Å². The molecule has 1 aromatic carbocycles. The van der Waals surface area contributed by atoms with Crippen LogP contribution in [0.25, 0.3) is 0 Å². The van der Waals surface area contributed by atoms with E-state index in [9.17, 15) is 0 Å². The second-order valence-electron chi connectivity index (χ2n) is 4.46. The van der Waals surface area contributed by atoms with E-state index >= 15 is 0 Å². The van der Waals surface area contributed by atoms with Crippen LogP contribution in [0.15, 0.2) is 42.5 Å². The van der Waals surface area contributed by atoms with E-state index in [0.29, 0.717) is 23.8 Å². The molecule has 1 saturated carbocycles. The largest absolute Gasteiger partial charge is 0.327 e. The highest BCUT2D eigenvalue weighted by molar-refractivity contribution is 5.85. The molecule has 1 aromatic rings. The van der Waals surface area contributed by atoms with Gasteiger partial charge in [-0.2, -0.15) is 0 Å². The van der Waals surface area contributed by atoms with Gasteiger partial charge in [-0.3, -0.25) is 0 Å². The lowest BCUT2D eigenvalue weighted by atomic mass is 9.84. The summed E-state index contributed by atoms with van der Waals surface area (Å²) in [6.07, 6.45) is 5.92. The van der Waals surface area contributed by atoms with Crippen molar-refractivity contribution in [3.63, 3.8) is 0 Å².